The number of benzene rings is 1. The van der Waals surface area contributed by atoms with Crippen LogP contribution >= 0.6 is 0 Å². The number of methoxy groups -OCH3 is 2. The smallest absolute Gasteiger partial charge is 0.161 e. The summed E-state index contributed by atoms with van der Waals surface area (Å²) in [6, 6.07) is 5.81. The van der Waals surface area contributed by atoms with Crippen molar-refractivity contribution in [2.75, 3.05) is 14.2 Å². The Morgan fingerprint density at radius 3 is 2.57 bits per heavy atom. The predicted molar refractivity (Wildman–Crippen MR) is 56.6 cm³/mol. The molecular weight excluding hydrogens is 178 g/mol. The average Bonchev–Trinajstić information content (AvgIpc) is 2.25. The first kappa shape index (κ1) is 10.4. The summed E-state index contributed by atoms with van der Waals surface area (Å²) >= 11 is 0. The minimum atomic E-state index is 0.740. The number of rotatable bonds is 5. The normalized spacial score (nSPS) is 9.29. The van der Waals surface area contributed by atoms with Crippen LogP contribution < -0.4 is 14.8 Å². The first-order valence-corrected chi connectivity index (χ1v) is 4.37. The van der Waals surface area contributed by atoms with E-state index in [1.807, 2.05) is 18.2 Å². The van der Waals surface area contributed by atoms with Crippen molar-refractivity contribution in [1.82, 2.24) is 5.32 Å². The molecule has 0 saturated heterocycles. The molecule has 3 heteroatoms. The standard InChI is InChI=1S/C11H15NO2/c1-4-12-8-9-5-6-10(13-2)11(7-9)14-3/h4-7,12H,1,8H2,2-3H3. The van der Waals surface area contributed by atoms with Gasteiger partial charge in [-0.05, 0) is 23.9 Å². The van der Waals surface area contributed by atoms with Crippen LogP contribution in [0.15, 0.2) is 31.0 Å². The molecule has 0 atom stereocenters. The zero-order valence-electron chi connectivity index (χ0n) is 8.54. The van der Waals surface area contributed by atoms with Gasteiger partial charge in [-0.1, -0.05) is 12.6 Å². The van der Waals surface area contributed by atoms with Gasteiger partial charge in [0, 0.05) is 6.54 Å². The largest absolute Gasteiger partial charge is 0.493 e. The molecule has 0 unspecified atom stereocenters. The van der Waals surface area contributed by atoms with Crippen LogP contribution in [0.2, 0.25) is 0 Å². The maximum absolute atomic E-state index is 5.18. The Bertz CT molecular complexity index is 310. The van der Waals surface area contributed by atoms with Crippen LogP contribution in [-0.2, 0) is 6.54 Å². The summed E-state index contributed by atoms with van der Waals surface area (Å²) in [5.41, 5.74) is 1.13. The van der Waals surface area contributed by atoms with E-state index in [1.54, 1.807) is 20.4 Å². The van der Waals surface area contributed by atoms with Gasteiger partial charge in [0.2, 0.25) is 0 Å². The summed E-state index contributed by atoms with van der Waals surface area (Å²) in [7, 11) is 3.25. The van der Waals surface area contributed by atoms with Crippen molar-refractivity contribution in [3.63, 3.8) is 0 Å². The molecule has 1 rings (SSSR count). The highest BCUT2D eigenvalue weighted by Crippen LogP contribution is 2.27. The maximum atomic E-state index is 5.18. The first-order chi connectivity index (χ1) is 6.81. The Balaban J connectivity index is 2.83. The number of nitrogens with one attached hydrogen (secondary N) is 1. The molecule has 0 bridgehead atoms. The fourth-order valence-corrected chi connectivity index (χ4v) is 1.18. The second kappa shape index (κ2) is 5.17. The van der Waals surface area contributed by atoms with E-state index in [0.717, 1.165) is 23.6 Å². The van der Waals surface area contributed by atoms with E-state index < -0.39 is 0 Å². The van der Waals surface area contributed by atoms with Crippen LogP contribution in [0.25, 0.3) is 0 Å². The van der Waals surface area contributed by atoms with Gasteiger partial charge < -0.3 is 14.8 Å². The Morgan fingerprint density at radius 1 is 1.29 bits per heavy atom. The lowest BCUT2D eigenvalue weighted by atomic mass is 10.2. The molecule has 76 valence electrons. The summed E-state index contributed by atoms with van der Waals surface area (Å²) in [4.78, 5) is 0. The third-order valence-electron chi connectivity index (χ3n) is 1.90. The molecule has 14 heavy (non-hydrogen) atoms. The molecule has 3 nitrogen and oxygen atoms in total. The van der Waals surface area contributed by atoms with E-state index in [2.05, 4.69) is 11.9 Å². The van der Waals surface area contributed by atoms with Gasteiger partial charge in [0.25, 0.3) is 0 Å². The molecule has 0 heterocycles. The molecule has 0 aliphatic rings. The molecule has 1 aromatic rings. The van der Waals surface area contributed by atoms with Gasteiger partial charge >= 0.3 is 0 Å². The minimum absolute atomic E-state index is 0.740. The molecule has 0 aliphatic heterocycles. The quantitative estimate of drug-likeness (QED) is 0.775. The van der Waals surface area contributed by atoms with E-state index in [-0.39, 0.29) is 0 Å². The summed E-state index contributed by atoms with van der Waals surface area (Å²) in [6.07, 6.45) is 1.66. The molecule has 0 radical (unpaired) electrons. The van der Waals surface area contributed by atoms with Gasteiger partial charge in [0.15, 0.2) is 11.5 Å². The Kier molecular flexibility index (Phi) is 3.85. The third-order valence-corrected chi connectivity index (χ3v) is 1.90. The van der Waals surface area contributed by atoms with Crippen LogP contribution in [0, 0.1) is 0 Å². The van der Waals surface area contributed by atoms with Crippen LogP contribution in [0.1, 0.15) is 5.56 Å². The summed E-state index contributed by atoms with van der Waals surface area (Å²) in [6.45, 7) is 4.32. The molecule has 0 spiro atoms. The number of hydrogen-bond donors (Lipinski definition) is 1. The average molecular weight is 193 g/mol. The van der Waals surface area contributed by atoms with E-state index in [9.17, 15) is 0 Å². The highest BCUT2D eigenvalue weighted by molar-refractivity contribution is 5.42. The fraction of sp³-hybridized carbons (Fsp3) is 0.273. The molecule has 0 amide bonds. The van der Waals surface area contributed by atoms with E-state index in [0.29, 0.717) is 0 Å². The molecule has 0 saturated carbocycles. The minimum Gasteiger partial charge on any atom is -0.493 e. The highest BCUT2D eigenvalue weighted by Gasteiger charge is 2.03. The molecule has 0 aromatic heterocycles. The van der Waals surface area contributed by atoms with Crippen molar-refractivity contribution >= 4 is 0 Å². The van der Waals surface area contributed by atoms with Crippen molar-refractivity contribution in [2.45, 2.75) is 6.54 Å². The lowest BCUT2D eigenvalue weighted by Gasteiger charge is -2.09. The fourth-order valence-electron chi connectivity index (χ4n) is 1.18. The maximum Gasteiger partial charge on any atom is 0.161 e. The monoisotopic (exact) mass is 193 g/mol. The Hall–Kier alpha value is -1.64. The van der Waals surface area contributed by atoms with Crippen LogP contribution in [0.4, 0.5) is 0 Å². The second-order valence-corrected chi connectivity index (χ2v) is 2.77. The van der Waals surface area contributed by atoms with E-state index in [1.165, 1.54) is 0 Å². The van der Waals surface area contributed by atoms with Crippen molar-refractivity contribution in [3.05, 3.63) is 36.5 Å². The van der Waals surface area contributed by atoms with Gasteiger partial charge in [-0.25, -0.2) is 0 Å². The molecule has 1 N–H and O–H groups in total. The van der Waals surface area contributed by atoms with Gasteiger partial charge in [-0.15, -0.1) is 0 Å². The zero-order valence-corrected chi connectivity index (χ0v) is 8.54. The van der Waals surface area contributed by atoms with Crippen molar-refractivity contribution in [1.29, 1.82) is 0 Å². The summed E-state index contributed by atoms with van der Waals surface area (Å²) < 4.78 is 10.3. The van der Waals surface area contributed by atoms with Crippen molar-refractivity contribution in [2.24, 2.45) is 0 Å². The molecular formula is C11H15NO2. The van der Waals surface area contributed by atoms with Gasteiger partial charge in [0.1, 0.15) is 0 Å². The zero-order chi connectivity index (χ0) is 10.4. The predicted octanol–water partition coefficient (Wildman–Crippen LogP) is 1.94. The lowest BCUT2D eigenvalue weighted by Crippen LogP contribution is -2.03. The summed E-state index contributed by atoms with van der Waals surface area (Å²) in [5, 5.41) is 3.02. The highest BCUT2D eigenvalue weighted by atomic mass is 16.5. The first-order valence-electron chi connectivity index (χ1n) is 4.37. The Morgan fingerprint density at radius 2 is 2.00 bits per heavy atom. The molecule has 0 fully saturated rings. The van der Waals surface area contributed by atoms with Crippen molar-refractivity contribution in [3.8, 4) is 11.5 Å². The van der Waals surface area contributed by atoms with E-state index >= 15 is 0 Å². The van der Waals surface area contributed by atoms with Crippen LogP contribution in [0.5, 0.6) is 11.5 Å². The van der Waals surface area contributed by atoms with Gasteiger partial charge in [0.05, 0.1) is 14.2 Å². The lowest BCUT2D eigenvalue weighted by molar-refractivity contribution is 0.354. The van der Waals surface area contributed by atoms with Crippen LogP contribution in [0.3, 0.4) is 0 Å². The topological polar surface area (TPSA) is 30.5 Å². The van der Waals surface area contributed by atoms with Gasteiger partial charge in [-0.3, -0.25) is 0 Å². The molecule has 0 aliphatic carbocycles. The van der Waals surface area contributed by atoms with Gasteiger partial charge in [-0.2, -0.15) is 0 Å². The number of ether oxygens (including phenoxy) is 2. The third kappa shape index (κ3) is 2.42. The molecule has 1 aromatic carbocycles. The van der Waals surface area contributed by atoms with Crippen molar-refractivity contribution < 1.29 is 9.47 Å². The summed E-state index contributed by atoms with van der Waals surface area (Å²) in [5.74, 6) is 1.49. The SMILES string of the molecule is C=CNCc1ccc(OC)c(OC)c1. The second-order valence-electron chi connectivity index (χ2n) is 2.77. The van der Waals surface area contributed by atoms with E-state index in [4.69, 9.17) is 9.47 Å². The number of hydrogen-bond acceptors (Lipinski definition) is 3. The Labute approximate surface area is 84.3 Å². The van der Waals surface area contributed by atoms with Crippen LogP contribution in [-0.4, -0.2) is 14.2 Å².